The summed E-state index contributed by atoms with van der Waals surface area (Å²) in [6, 6.07) is 13.4. The van der Waals surface area contributed by atoms with E-state index in [2.05, 4.69) is 126 Å². The Morgan fingerprint density at radius 2 is 1.69 bits per heavy atom. The second-order valence-corrected chi connectivity index (χ2v) is 15.5. The number of hydroxylamine groups is 2. The van der Waals surface area contributed by atoms with E-state index in [0.717, 1.165) is 57.1 Å². The Hall–Kier alpha value is -3.43. The third-order valence-corrected chi connectivity index (χ3v) is 10.8. The Kier molecular flexibility index (Phi) is 11.5. The molecule has 2 saturated heterocycles. The molecule has 262 valence electrons. The van der Waals surface area contributed by atoms with Crippen LogP contribution >= 0.6 is 0 Å². The number of imidazole rings is 1. The van der Waals surface area contributed by atoms with Crippen molar-refractivity contribution in [1.82, 2.24) is 29.4 Å². The van der Waals surface area contributed by atoms with Gasteiger partial charge >= 0.3 is 0 Å². The molecule has 2 aromatic heterocycles. The molecule has 0 radical (unpaired) electrons. The topological polar surface area (TPSA) is 84.6 Å². The van der Waals surface area contributed by atoms with E-state index in [-0.39, 0.29) is 47.1 Å². The molecule has 0 bridgehead atoms. The van der Waals surface area contributed by atoms with Crippen LogP contribution in [0.1, 0.15) is 122 Å². The maximum absolute atomic E-state index is 13.3. The minimum atomic E-state index is -0.182. The second-order valence-electron chi connectivity index (χ2n) is 15.5. The minimum Gasteiger partial charge on any atom is -0.353 e. The summed E-state index contributed by atoms with van der Waals surface area (Å²) in [5.74, 6) is 0.685. The van der Waals surface area contributed by atoms with Gasteiger partial charge < -0.3 is 24.2 Å². The Bertz CT molecular complexity index is 1450. The van der Waals surface area contributed by atoms with E-state index < -0.39 is 0 Å². The highest BCUT2D eigenvalue weighted by Gasteiger charge is 2.46. The van der Waals surface area contributed by atoms with E-state index in [1.165, 1.54) is 5.56 Å². The number of nitrogens with one attached hydrogen (secondary N) is 1. The first-order valence-electron chi connectivity index (χ1n) is 18.0. The number of rotatable bonds is 15. The number of piperidine rings is 1. The molecule has 0 saturated carbocycles. The van der Waals surface area contributed by atoms with Crippen molar-refractivity contribution in [2.75, 3.05) is 13.7 Å². The number of carbonyl (C=O) groups is 2. The number of benzene rings is 1. The summed E-state index contributed by atoms with van der Waals surface area (Å²) in [4.78, 5) is 38.7. The summed E-state index contributed by atoms with van der Waals surface area (Å²) < 4.78 is 4.53. The lowest BCUT2D eigenvalue weighted by atomic mass is 9.79. The van der Waals surface area contributed by atoms with Crippen molar-refractivity contribution in [3.05, 3.63) is 78.6 Å². The Morgan fingerprint density at radius 3 is 2.29 bits per heavy atom. The number of hydrogen-bond acceptors (Lipinski definition) is 5. The monoisotopic (exact) mass is 658 g/mol. The number of nitrogens with zero attached hydrogens (tertiary/aromatic N) is 5. The molecule has 9 heteroatoms. The third kappa shape index (κ3) is 8.58. The molecule has 1 aromatic carbocycles. The summed E-state index contributed by atoms with van der Waals surface area (Å²) in [6.07, 6.45) is 17.4. The molecular formula is C39H58N6O3. The van der Waals surface area contributed by atoms with Gasteiger partial charge in [0, 0.05) is 73.0 Å². The number of hydrogen-bond donors (Lipinski definition) is 1. The molecule has 3 aromatic rings. The molecule has 0 aliphatic carbocycles. The van der Waals surface area contributed by atoms with Crippen LogP contribution in [0, 0.1) is 0 Å². The number of amides is 2. The van der Waals surface area contributed by atoms with Crippen molar-refractivity contribution < 1.29 is 14.4 Å². The van der Waals surface area contributed by atoms with Gasteiger partial charge in [-0.05, 0) is 95.8 Å². The lowest BCUT2D eigenvalue weighted by Crippen LogP contribution is -2.63. The van der Waals surface area contributed by atoms with Gasteiger partial charge in [-0.15, -0.1) is 0 Å². The Morgan fingerprint density at radius 1 is 0.979 bits per heavy atom. The average Bonchev–Trinajstić information content (AvgIpc) is 3.81. The second kappa shape index (κ2) is 15.4. The minimum absolute atomic E-state index is 0.0604. The van der Waals surface area contributed by atoms with Crippen LogP contribution in [-0.2, 0) is 20.8 Å². The summed E-state index contributed by atoms with van der Waals surface area (Å²) in [5, 5.41) is 5.40. The molecular weight excluding hydrogens is 600 g/mol. The summed E-state index contributed by atoms with van der Waals surface area (Å²) in [6.45, 7) is 14.0. The quantitative estimate of drug-likeness (QED) is 0.189. The first kappa shape index (κ1) is 35.9. The molecule has 4 unspecified atom stereocenters. The van der Waals surface area contributed by atoms with Gasteiger partial charge in [-0.2, -0.15) is 5.06 Å². The molecule has 2 aliphatic rings. The number of likely N-dealkylation sites (tertiary alicyclic amines) is 1. The van der Waals surface area contributed by atoms with E-state index in [1.54, 1.807) is 7.11 Å². The standard InChI is InChI=1S/C39H58N6O3/c1-8-33(42-19-16-30(27-42)22-36(46)41-32-25-38(3,4)45(48-7)39(5,6)26-32)23-34(43-20-17-40-28-43)24-35(44-18-12-15-37(44)47)21-29(2)31-13-10-9-11-14-31/h9-11,13-14,16-17,19-20,27-29,32-35H,8,12,15,18,21-26H2,1-7H3,(H,41,46). The zero-order valence-corrected chi connectivity index (χ0v) is 30.3. The zero-order chi connectivity index (χ0) is 34.5. The van der Waals surface area contributed by atoms with Crippen LogP contribution in [0.15, 0.2) is 67.5 Å². The molecule has 2 aliphatic heterocycles. The van der Waals surface area contributed by atoms with Crippen LogP contribution in [0.25, 0.3) is 0 Å². The van der Waals surface area contributed by atoms with Gasteiger partial charge in [0.1, 0.15) is 0 Å². The highest BCUT2D eigenvalue weighted by Crippen LogP contribution is 2.38. The van der Waals surface area contributed by atoms with Gasteiger partial charge in [0.15, 0.2) is 0 Å². The van der Waals surface area contributed by atoms with Gasteiger partial charge in [-0.1, -0.05) is 44.2 Å². The molecule has 48 heavy (non-hydrogen) atoms. The van der Waals surface area contributed by atoms with Gasteiger partial charge in [0.2, 0.25) is 11.8 Å². The van der Waals surface area contributed by atoms with E-state index in [9.17, 15) is 9.59 Å². The fraction of sp³-hybridized carbons (Fsp3) is 0.615. The van der Waals surface area contributed by atoms with E-state index >= 15 is 0 Å². The highest BCUT2D eigenvalue weighted by atomic mass is 16.7. The van der Waals surface area contributed by atoms with Gasteiger partial charge in [-0.3, -0.25) is 9.59 Å². The van der Waals surface area contributed by atoms with Crippen molar-refractivity contribution in [3.8, 4) is 0 Å². The fourth-order valence-electron chi connectivity index (χ4n) is 8.80. The van der Waals surface area contributed by atoms with Crippen LogP contribution in [-0.4, -0.2) is 72.7 Å². The smallest absolute Gasteiger partial charge is 0.224 e. The lowest BCUT2D eigenvalue weighted by Gasteiger charge is -2.53. The van der Waals surface area contributed by atoms with E-state index in [4.69, 9.17) is 4.84 Å². The average molecular weight is 659 g/mol. The highest BCUT2D eigenvalue weighted by molar-refractivity contribution is 5.79. The lowest BCUT2D eigenvalue weighted by molar-refractivity contribution is -0.267. The first-order valence-corrected chi connectivity index (χ1v) is 18.0. The molecule has 1 N–H and O–H groups in total. The first-order chi connectivity index (χ1) is 22.9. The van der Waals surface area contributed by atoms with E-state index in [1.807, 2.05) is 12.5 Å². The summed E-state index contributed by atoms with van der Waals surface area (Å²) >= 11 is 0. The number of carbonyl (C=O) groups excluding carboxylic acids is 2. The van der Waals surface area contributed by atoms with Crippen LogP contribution in [0.2, 0.25) is 0 Å². The zero-order valence-electron chi connectivity index (χ0n) is 30.3. The molecule has 2 amide bonds. The predicted molar refractivity (Wildman–Crippen MR) is 190 cm³/mol. The predicted octanol–water partition coefficient (Wildman–Crippen LogP) is 7.08. The van der Waals surface area contributed by atoms with Crippen molar-refractivity contribution in [3.63, 3.8) is 0 Å². The van der Waals surface area contributed by atoms with Crippen LogP contribution in [0.3, 0.4) is 0 Å². The summed E-state index contributed by atoms with van der Waals surface area (Å²) in [5.41, 5.74) is 1.98. The molecule has 4 atom stereocenters. The van der Waals surface area contributed by atoms with Gasteiger partial charge in [0.25, 0.3) is 0 Å². The van der Waals surface area contributed by atoms with Crippen LogP contribution in [0.4, 0.5) is 0 Å². The molecule has 0 spiro atoms. The summed E-state index contributed by atoms with van der Waals surface area (Å²) in [7, 11) is 1.73. The molecule has 5 rings (SSSR count). The van der Waals surface area contributed by atoms with Crippen LogP contribution in [0.5, 0.6) is 0 Å². The third-order valence-electron chi connectivity index (χ3n) is 10.8. The largest absolute Gasteiger partial charge is 0.353 e. The van der Waals surface area contributed by atoms with Crippen molar-refractivity contribution >= 4 is 11.8 Å². The normalized spacial score (nSPS) is 20.8. The Labute approximate surface area is 288 Å². The maximum atomic E-state index is 13.3. The molecule has 2 fully saturated rings. The van der Waals surface area contributed by atoms with Crippen molar-refractivity contribution in [2.45, 2.75) is 140 Å². The van der Waals surface area contributed by atoms with Gasteiger partial charge in [-0.25, -0.2) is 4.98 Å². The Balaban J connectivity index is 1.27. The molecule has 9 nitrogen and oxygen atoms in total. The van der Waals surface area contributed by atoms with Crippen molar-refractivity contribution in [2.24, 2.45) is 0 Å². The van der Waals surface area contributed by atoms with Crippen LogP contribution < -0.4 is 5.32 Å². The molecule has 4 heterocycles. The maximum Gasteiger partial charge on any atom is 0.224 e. The fourth-order valence-corrected chi connectivity index (χ4v) is 8.80. The van der Waals surface area contributed by atoms with E-state index in [0.29, 0.717) is 18.8 Å². The van der Waals surface area contributed by atoms with Gasteiger partial charge in [0.05, 0.1) is 19.9 Å². The van der Waals surface area contributed by atoms with Crippen molar-refractivity contribution in [1.29, 1.82) is 0 Å². The SMILES string of the molecule is CCC(CC(CC(CC(C)c1ccccc1)N1CCCC1=O)n1ccnc1)n1ccc(CC(=O)NC2CC(C)(C)N(OC)C(C)(C)C2)c1. The number of aromatic nitrogens is 3.